The van der Waals surface area contributed by atoms with Crippen molar-refractivity contribution in [2.45, 2.75) is 6.10 Å². The molecule has 4 aromatic rings. The number of aliphatic hydroxyl groups is 1. The lowest BCUT2D eigenvalue weighted by atomic mass is 10.1. The largest absolute Gasteiger partial charge is 0.382 e. The molecule has 0 amide bonds. The van der Waals surface area contributed by atoms with Gasteiger partial charge in [-0.1, -0.05) is 60.7 Å². The van der Waals surface area contributed by atoms with Gasteiger partial charge in [0.2, 0.25) is 0 Å². The molecule has 3 nitrogen and oxygen atoms in total. The van der Waals surface area contributed by atoms with Crippen molar-refractivity contribution in [1.29, 1.82) is 0 Å². The van der Waals surface area contributed by atoms with E-state index in [1.165, 1.54) is 0 Å². The average molecular weight is 306 g/mol. The van der Waals surface area contributed by atoms with Crippen molar-refractivity contribution in [3.05, 3.63) is 83.5 Å². The Hall–Kier alpha value is -2.43. The Bertz CT molecular complexity index is 897. The molecule has 0 aliphatic rings. The van der Waals surface area contributed by atoms with Crippen LogP contribution in [0.2, 0.25) is 0 Å². The number of aliphatic hydroxyl groups excluding tert-OH is 1. The Balaban J connectivity index is 1.78. The van der Waals surface area contributed by atoms with Crippen LogP contribution in [0.15, 0.2) is 72.2 Å². The Labute approximate surface area is 132 Å². The van der Waals surface area contributed by atoms with Gasteiger partial charge in [0.05, 0.1) is 11.4 Å². The molecule has 1 unspecified atom stereocenters. The molecule has 2 heterocycles. The summed E-state index contributed by atoms with van der Waals surface area (Å²) in [6, 6.07) is 19.8. The summed E-state index contributed by atoms with van der Waals surface area (Å²) in [5.74, 6) is 0. The van der Waals surface area contributed by atoms with Gasteiger partial charge in [0, 0.05) is 17.1 Å². The Morgan fingerprint density at radius 2 is 1.64 bits per heavy atom. The van der Waals surface area contributed by atoms with Gasteiger partial charge in [-0.25, -0.2) is 4.98 Å². The number of nitrogens with zero attached hydrogens (tertiary/aromatic N) is 2. The monoisotopic (exact) mass is 306 g/mol. The van der Waals surface area contributed by atoms with Gasteiger partial charge in [0.25, 0.3) is 0 Å². The zero-order chi connectivity index (χ0) is 14.9. The van der Waals surface area contributed by atoms with Gasteiger partial charge >= 0.3 is 0 Å². The van der Waals surface area contributed by atoms with Gasteiger partial charge in [-0.3, -0.25) is 4.40 Å². The minimum atomic E-state index is -0.646. The Morgan fingerprint density at radius 3 is 2.36 bits per heavy atom. The van der Waals surface area contributed by atoms with Crippen LogP contribution in [-0.2, 0) is 0 Å². The molecule has 1 N–H and O–H groups in total. The summed E-state index contributed by atoms with van der Waals surface area (Å²) in [7, 11) is 0. The second kappa shape index (κ2) is 5.40. The molecule has 2 aromatic heterocycles. The fourth-order valence-corrected chi connectivity index (χ4v) is 3.44. The van der Waals surface area contributed by atoms with Crippen molar-refractivity contribution in [2.75, 3.05) is 0 Å². The van der Waals surface area contributed by atoms with E-state index < -0.39 is 6.10 Å². The molecule has 108 valence electrons. The molecular formula is C18H14N2OS. The molecule has 0 bridgehead atoms. The first-order valence-corrected chi connectivity index (χ1v) is 7.96. The predicted octanol–water partition coefficient (Wildman–Crippen LogP) is 4.14. The number of thiazole rings is 1. The van der Waals surface area contributed by atoms with Crippen LogP contribution < -0.4 is 0 Å². The van der Waals surface area contributed by atoms with Crippen LogP contribution in [0, 0.1) is 0 Å². The molecule has 0 saturated carbocycles. The van der Waals surface area contributed by atoms with E-state index in [0.717, 1.165) is 27.5 Å². The molecule has 0 saturated heterocycles. The highest BCUT2D eigenvalue weighted by Gasteiger charge is 2.17. The minimum absolute atomic E-state index is 0.646. The summed E-state index contributed by atoms with van der Waals surface area (Å²) in [4.78, 5) is 5.54. The first kappa shape index (κ1) is 13.2. The average Bonchev–Trinajstić information content (AvgIpc) is 3.16. The molecule has 1 atom stereocenters. The zero-order valence-electron chi connectivity index (χ0n) is 11.8. The zero-order valence-corrected chi connectivity index (χ0v) is 12.6. The fourth-order valence-electron chi connectivity index (χ4n) is 2.55. The summed E-state index contributed by atoms with van der Waals surface area (Å²) in [6.45, 7) is 0. The van der Waals surface area contributed by atoms with E-state index in [0.29, 0.717) is 0 Å². The first-order valence-electron chi connectivity index (χ1n) is 7.08. The number of benzene rings is 2. The number of hydrogen-bond donors (Lipinski definition) is 1. The molecule has 0 aliphatic heterocycles. The van der Waals surface area contributed by atoms with E-state index in [9.17, 15) is 5.11 Å². The fraction of sp³-hybridized carbons (Fsp3) is 0.0556. The number of imidazole rings is 1. The van der Waals surface area contributed by atoms with Crippen LogP contribution >= 0.6 is 11.3 Å². The van der Waals surface area contributed by atoms with Crippen molar-refractivity contribution in [1.82, 2.24) is 9.38 Å². The maximum atomic E-state index is 10.6. The second-order valence-electron chi connectivity index (χ2n) is 5.12. The number of rotatable bonds is 3. The Morgan fingerprint density at radius 1 is 0.955 bits per heavy atom. The topological polar surface area (TPSA) is 37.5 Å². The van der Waals surface area contributed by atoms with Gasteiger partial charge in [0.1, 0.15) is 6.10 Å². The molecule has 0 aliphatic carbocycles. The normalized spacial score (nSPS) is 12.6. The van der Waals surface area contributed by atoms with Crippen molar-refractivity contribution >= 4 is 16.3 Å². The van der Waals surface area contributed by atoms with E-state index >= 15 is 0 Å². The van der Waals surface area contributed by atoms with Crippen molar-refractivity contribution in [2.24, 2.45) is 0 Å². The summed E-state index contributed by atoms with van der Waals surface area (Å²) < 4.78 is 1.98. The molecule has 4 rings (SSSR count). The van der Waals surface area contributed by atoms with Crippen LogP contribution in [0.4, 0.5) is 0 Å². The summed E-state index contributed by atoms with van der Waals surface area (Å²) in [5.41, 5.74) is 3.74. The van der Waals surface area contributed by atoms with E-state index in [-0.39, 0.29) is 0 Å². The Kier molecular flexibility index (Phi) is 3.25. The van der Waals surface area contributed by atoms with E-state index in [1.54, 1.807) is 11.3 Å². The highest BCUT2D eigenvalue weighted by molar-refractivity contribution is 7.15. The van der Waals surface area contributed by atoms with Gasteiger partial charge in [-0.2, -0.15) is 0 Å². The van der Waals surface area contributed by atoms with Crippen LogP contribution in [0.1, 0.15) is 17.4 Å². The van der Waals surface area contributed by atoms with E-state index in [2.05, 4.69) is 4.98 Å². The third-order valence-electron chi connectivity index (χ3n) is 3.70. The number of fused-ring (bicyclic) bond motifs is 1. The van der Waals surface area contributed by atoms with E-state index in [4.69, 9.17) is 0 Å². The third kappa shape index (κ3) is 2.22. The lowest BCUT2D eigenvalue weighted by Crippen LogP contribution is -2.02. The predicted molar refractivity (Wildman–Crippen MR) is 89.0 cm³/mol. The lowest BCUT2D eigenvalue weighted by Gasteiger charge is -2.09. The quantitative estimate of drug-likeness (QED) is 0.617. The molecular weight excluding hydrogens is 292 g/mol. The van der Waals surface area contributed by atoms with Crippen molar-refractivity contribution in [3.63, 3.8) is 0 Å². The van der Waals surface area contributed by atoms with Crippen LogP contribution in [-0.4, -0.2) is 14.5 Å². The first-order chi connectivity index (χ1) is 10.8. The lowest BCUT2D eigenvalue weighted by molar-refractivity contribution is 0.214. The molecule has 0 radical (unpaired) electrons. The number of hydrogen-bond acceptors (Lipinski definition) is 3. The van der Waals surface area contributed by atoms with Gasteiger partial charge in [-0.05, 0) is 5.56 Å². The van der Waals surface area contributed by atoms with Crippen LogP contribution in [0.25, 0.3) is 16.2 Å². The smallest absolute Gasteiger partial charge is 0.194 e. The van der Waals surface area contributed by atoms with Crippen molar-refractivity contribution in [3.8, 4) is 11.3 Å². The number of aromatic nitrogens is 2. The summed E-state index contributed by atoms with van der Waals surface area (Å²) >= 11 is 1.54. The summed E-state index contributed by atoms with van der Waals surface area (Å²) in [6.07, 6.45) is 1.34. The van der Waals surface area contributed by atoms with Gasteiger partial charge in [-0.15, -0.1) is 11.3 Å². The highest BCUT2D eigenvalue weighted by atomic mass is 32.1. The SMILES string of the molecule is OC(c1ccccc1)c1csc2nc(-c3ccccc3)cn12. The van der Waals surface area contributed by atoms with Gasteiger partial charge in [0.15, 0.2) is 4.96 Å². The maximum Gasteiger partial charge on any atom is 0.194 e. The van der Waals surface area contributed by atoms with Gasteiger partial charge < -0.3 is 5.11 Å². The third-order valence-corrected chi connectivity index (χ3v) is 4.56. The van der Waals surface area contributed by atoms with Crippen LogP contribution in [0.3, 0.4) is 0 Å². The molecule has 2 aromatic carbocycles. The summed E-state index contributed by atoms with van der Waals surface area (Å²) in [5, 5.41) is 12.6. The second-order valence-corrected chi connectivity index (χ2v) is 5.96. The molecule has 0 fully saturated rings. The molecule has 22 heavy (non-hydrogen) atoms. The standard InChI is InChI=1S/C18H14N2OS/c21-17(14-9-5-2-6-10-14)16-12-22-18-19-15(11-20(16)18)13-7-3-1-4-8-13/h1-12,17,21H. The highest BCUT2D eigenvalue weighted by Crippen LogP contribution is 2.29. The minimum Gasteiger partial charge on any atom is -0.382 e. The molecule has 0 spiro atoms. The van der Waals surface area contributed by atoms with Crippen molar-refractivity contribution < 1.29 is 5.11 Å². The van der Waals surface area contributed by atoms with Crippen LogP contribution in [0.5, 0.6) is 0 Å². The van der Waals surface area contributed by atoms with E-state index in [1.807, 2.05) is 76.6 Å². The maximum absolute atomic E-state index is 10.6. The molecule has 4 heteroatoms.